The van der Waals surface area contributed by atoms with Crippen molar-refractivity contribution in [2.24, 2.45) is 0 Å². The number of carboxylic acids is 1. The quantitative estimate of drug-likeness (QED) is 0.431. The minimum absolute atomic E-state index is 0.104. The molecule has 0 aliphatic rings. The molecule has 4 aromatic rings. The summed E-state index contributed by atoms with van der Waals surface area (Å²) in [4.78, 5) is 19.4. The lowest BCUT2D eigenvalue weighted by atomic mass is 10.1. The van der Waals surface area contributed by atoms with Gasteiger partial charge in [0.1, 0.15) is 0 Å². The fourth-order valence-corrected chi connectivity index (χ4v) is 2.97. The van der Waals surface area contributed by atoms with Crippen LogP contribution in [0.2, 0.25) is 0 Å². The second-order valence-corrected chi connectivity index (χ2v) is 6.73. The first-order valence-corrected chi connectivity index (χ1v) is 9.56. The highest BCUT2D eigenvalue weighted by Gasteiger charge is 2.11. The molecule has 4 rings (SSSR count). The summed E-state index contributed by atoms with van der Waals surface area (Å²) in [5.74, 6) is 0.165. The number of carboxylic acid groups (broad SMARTS) is 1. The number of rotatable bonds is 8. The highest BCUT2D eigenvalue weighted by Crippen LogP contribution is 2.25. The van der Waals surface area contributed by atoms with Crippen LogP contribution in [-0.4, -0.2) is 32.7 Å². The van der Waals surface area contributed by atoms with Gasteiger partial charge in [0.15, 0.2) is 0 Å². The monoisotopic (exact) mass is 400 g/mol. The van der Waals surface area contributed by atoms with Crippen molar-refractivity contribution in [2.45, 2.75) is 13.0 Å². The smallest absolute Gasteiger partial charge is 0.304 e. The zero-order chi connectivity index (χ0) is 20.8. The minimum atomic E-state index is -0.808. The van der Waals surface area contributed by atoms with E-state index >= 15 is 0 Å². The van der Waals surface area contributed by atoms with Crippen LogP contribution >= 0.6 is 0 Å². The lowest BCUT2D eigenvalue weighted by Gasteiger charge is -2.03. The summed E-state index contributed by atoms with van der Waals surface area (Å²) in [7, 11) is 0. The molecule has 0 fully saturated rings. The van der Waals surface area contributed by atoms with Gasteiger partial charge < -0.3 is 14.9 Å². The molecule has 0 amide bonds. The summed E-state index contributed by atoms with van der Waals surface area (Å²) in [5, 5.41) is 15.8. The Morgan fingerprint density at radius 1 is 0.933 bits per heavy atom. The van der Waals surface area contributed by atoms with Gasteiger partial charge in [0.25, 0.3) is 5.89 Å². The van der Waals surface area contributed by atoms with E-state index in [1.807, 2.05) is 66.7 Å². The highest BCUT2D eigenvalue weighted by atomic mass is 16.5. The van der Waals surface area contributed by atoms with E-state index in [1.54, 1.807) is 6.20 Å². The Hall–Kier alpha value is -3.84. The number of nitrogens with one attached hydrogen (secondary N) is 1. The van der Waals surface area contributed by atoms with Gasteiger partial charge >= 0.3 is 5.97 Å². The summed E-state index contributed by atoms with van der Waals surface area (Å²) in [5.41, 5.74) is 4.68. The van der Waals surface area contributed by atoms with Crippen LogP contribution in [0.1, 0.15) is 12.0 Å². The van der Waals surface area contributed by atoms with Crippen LogP contribution in [0.15, 0.2) is 77.4 Å². The van der Waals surface area contributed by atoms with Gasteiger partial charge in [-0.2, -0.15) is 4.98 Å². The molecule has 7 heteroatoms. The molecule has 0 aliphatic carbocycles. The SMILES string of the molecule is O=C(O)CCNCc1ccc(-c2noc(-c3ccc(-c4ccccn4)cc3)n2)cc1. The summed E-state index contributed by atoms with van der Waals surface area (Å²) in [6.07, 6.45) is 1.87. The van der Waals surface area contributed by atoms with Crippen LogP contribution < -0.4 is 5.32 Å². The van der Waals surface area contributed by atoms with Crippen LogP contribution in [0, 0.1) is 0 Å². The predicted octanol–water partition coefficient (Wildman–Crippen LogP) is 4.03. The summed E-state index contributed by atoms with van der Waals surface area (Å²) < 4.78 is 5.44. The molecule has 0 saturated heterocycles. The fourth-order valence-electron chi connectivity index (χ4n) is 2.97. The number of hydrogen-bond acceptors (Lipinski definition) is 6. The third kappa shape index (κ3) is 4.76. The Kier molecular flexibility index (Phi) is 5.91. The number of benzene rings is 2. The fraction of sp³-hybridized carbons (Fsp3) is 0.130. The Labute approximate surface area is 173 Å². The highest BCUT2D eigenvalue weighted by molar-refractivity contribution is 5.67. The van der Waals surface area contributed by atoms with Crippen LogP contribution in [0.5, 0.6) is 0 Å². The minimum Gasteiger partial charge on any atom is -0.481 e. The molecule has 0 aliphatic heterocycles. The molecule has 2 aromatic carbocycles. The van der Waals surface area contributed by atoms with Crippen molar-refractivity contribution in [3.63, 3.8) is 0 Å². The number of aromatic nitrogens is 3. The van der Waals surface area contributed by atoms with E-state index in [9.17, 15) is 4.79 Å². The Morgan fingerprint density at radius 3 is 2.37 bits per heavy atom. The van der Waals surface area contributed by atoms with E-state index in [1.165, 1.54) is 0 Å². The molecular weight excluding hydrogens is 380 g/mol. The van der Waals surface area contributed by atoms with Crippen molar-refractivity contribution < 1.29 is 14.4 Å². The Morgan fingerprint density at radius 2 is 1.67 bits per heavy atom. The van der Waals surface area contributed by atoms with E-state index in [0.717, 1.165) is 27.9 Å². The lowest BCUT2D eigenvalue weighted by molar-refractivity contribution is -0.136. The molecule has 0 atom stereocenters. The molecule has 0 spiro atoms. The molecule has 0 radical (unpaired) electrons. The van der Waals surface area contributed by atoms with Crippen molar-refractivity contribution in [3.8, 4) is 34.1 Å². The van der Waals surface area contributed by atoms with Gasteiger partial charge in [-0.1, -0.05) is 47.6 Å². The molecule has 150 valence electrons. The van der Waals surface area contributed by atoms with Crippen molar-refractivity contribution in [1.29, 1.82) is 0 Å². The number of hydrogen-bond donors (Lipinski definition) is 2. The topological polar surface area (TPSA) is 101 Å². The molecule has 7 nitrogen and oxygen atoms in total. The van der Waals surface area contributed by atoms with E-state index in [2.05, 4.69) is 20.4 Å². The van der Waals surface area contributed by atoms with Crippen molar-refractivity contribution in [1.82, 2.24) is 20.4 Å². The van der Waals surface area contributed by atoms with Gasteiger partial charge in [0.05, 0.1) is 12.1 Å². The van der Waals surface area contributed by atoms with Gasteiger partial charge in [-0.15, -0.1) is 0 Å². The summed E-state index contributed by atoms with van der Waals surface area (Å²) in [6.45, 7) is 1.04. The van der Waals surface area contributed by atoms with Gasteiger partial charge in [0, 0.05) is 36.0 Å². The standard InChI is InChI=1S/C23H20N4O3/c28-21(29)12-14-24-15-16-4-6-18(7-5-16)22-26-23(30-27-22)19-10-8-17(9-11-19)20-3-1-2-13-25-20/h1-11,13,24H,12,14-15H2,(H,28,29). The maximum atomic E-state index is 10.5. The molecule has 0 bridgehead atoms. The second kappa shape index (κ2) is 9.11. The predicted molar refractivity (Wildman–Crippen MR) is 112 cm³/mol. The van der Waals surface area contributed by atoms with E-state index in [0.29, 0.717) is 24.8 Å². The number of pyridine rings is 1. The van der Waals surface area contributed by atoms with Gasteiger partial charge in [-0.05, 0) is 29.8 Å². The first-order chi connectivity index (χ1) is 14.7. The molecule has 0 saturated carbocycles. The van der Waals surface area contributed by atoms with E-state index in [-0.39, 0.29) is 6.42 Å². The van der Waals surface area contributed by atoms with Crippen LogP contribution in [0.4, 0.5) is 0 Å². The Bertz CT molecular complexity index is 1110. The zero-order valence-electron chi connectivity index (χ0n) is 16.2. The molecule has 0 unspecified atom stereocenters. The Balaban J connectivity index is 1.42. The third-order valence-corrected chi connectivity index (χ3v) is 4.58. The van der Waals surface area contributed by atoms with E-state index in [4.69, 9.17) is 9.63 Å². The molecule has 30 heavy (non-hydrogen) atoms. The maximum Gasteiger partial charge on any atom is 0.304 e. The van der Waals surface area contributed by atoms with Crippen molar-refractivity contribution >= 4 is 5.97 Å². The average Bonchev–Trinajstić information content (AvgIpc) is 3.28. The first-order valence-electron chi connectivity index (χ1n) is 9.56. The van der Waals surface area contributed by atoms with Gasteiger partial charge in [-0.25, -0.2) is 0 Å². The van der Waals surface area contributed by atoms with E-state index < -0.39 is 5.97 Å². The third-order valence-electron chi connectivity index (χ3n) is 4.58. The lowest BCUT2D eigenvalue weighted by Crippen LogP contribution is -2.17. The number of nitrogens with zero attached hydrogens (tertiary/aromatic N) is 3. The second-order valence-electron chi connectivity index (χ2n) is 6.73. The first kappa shape index (κ1) is 19.5. The number of aliphatic carboxylic acids is 1. The van der Waals surface area contributed by atoms with Gasteiger partial charge in [-0.3, -0.25) is 9.78 Å². The van der Waals surface area contributed by atoms with Crippen molar-refractivity contribution in [3.05, 3.63) is 78.5 Å². The average molecular weight is 400 g/mol. The summed E-state index contributed by atoms with van der Waals surface area (Å²) >= 11 is 0. The molecule has 2 heterocycles. The normalized spacial score (nSPS) is 10.8. The largest absolute Gasteiger partial charge is 0.481 e. The maximum absolute atomic E-state index is 10.5. The van der Waals surface area contributed by atoms with Crippen LogP contribution in [0.3, 0.4) is 0 Å². The summed E-state index contributed by atoms with van der Waals surface area (Å²) in [6, 6.07) is 21.4. The van der Waals surface area contributed by atoms with Crippen molar-refractivity contribution in [2.75, 3.05) is 6.54 Å². The number of carbonyl (C=O) groups is 1. The van der Waals surface area contributed by atoms with Crippen LogP contribution in [0.25, 0.3) is 34.1 Å². The van der Waals surface area contributed by atoms with Crippen LogP contribution in [-0.2, 0) is 11.3 Å². The molecule has 2 N–H and O–H groups in total. The molecule has 2 aromatic heterocycles. The zero-order valence-corrected chi connectivity index (χ0v) is 16.2. The van der Waals surface area contributed by atoms with Gasteiger partial charge in [0.2, 0.25) is 5.82 Å². The molecular formula is C23H20N4O3.